The predicted octanol–water partition coefficient (Wildman–Crippen LogP) is 2.42. The van der Waals surface area contributed by atoms with Gasteiger partial charge in [0.15, 0.2) is 0 Å². The molecule has 1 fully saturated rings. The molecule has 3 rings (SSSR count). The van der Waals surface area contributed by atoms with Crippen molar-refractivity contribution in [3.05, 3.63) is 35.3 Å². The van der Waals surface area contributed by atoms with E-state index in [1.165, 1.54) is 0 Å². The van der Waals surface area contributed by atoms with E-state index in [-0.39, 0.29) is 11.9 Å². The van der Waals surface area contributed by atoms with Crippen LogP contribution in [0, 0.1) is 12.8 Å². The van der Waals surface area contributed by atoms with Gasteiger partial charge >= 0.3 is 0 Å². The van der Waals surface area contributed by atoms with Crippen LogP contribution in [0.1, 0.15) is 54.0 Å². The molecular weight excluding hydrogens is 292 g/mol. The molecule has 0 aromatic carbocycles. The van der Waals surface area contributed by atoms with E-state index in [4.69, 9.17) is 4.42 Å². The van der Waals surface area contributed by atoms with Crippen LogP contribution >= 0.6 is 0 Å². The number of nitrogens with one attached hydrogen (secondary N) is 1. The Balaban J connectivity index is 1.56. The highest BCUT2D eigenvalue weighted by molar-refractivity contribution is 5.95. The van der Waals surface area contributed by atoms with Gasteiger partial charge < -0.3 is 14.3 Å². The molecule has 2 heterocycles. The Kier molecular flexibility index (Phi) is 4.50. The maximum atomic E-state index is 12.5. The number of carbonyl (C=O) groups is 1. The minimum Gasteiger partial charge on any atom is -0.426 e. The normalized spacial score (nSPS) is 20.8. The number of nitrogens with zero attached hydrogens (tertiary/aromatic N) is 3. The van der Waals surface area contributed by atoms with Crippen molar-refractivity contribution in [3.63, 3.8) is 0 Å². The lowest BCUT2D eigenvalue weighted by Gasteiger charge is -2.13. The van der Waals surface area contributed by atoms with Crippen LogP contribution in [0.15, 0.2) is 16.7 Å². The maximum Gasteiger partial charge on any atom is 0.253 e. The molecule has 6 heteroatoms. The quantitative estimate of drug-likeness (QED) is 0.919. The molecule has 0 aliphatic heterocycles. The lowest BCUT2D eigenvalue weighted by atomic mass is 10.0. The Morgan fingerprint density at radius 1 is 1.43 bits per heavy atom. The van der Waals surface area contributed by atoms with Gasteiger partial charge in [0.25, 0.3) is 5.91 Å². The van der Waals surface area contributed by atoms with Gasteiger partial charge in [-0.25, -0.2) is 0 Å². The summed E-state index contributed by atoms with van der Waals surface area (Å²) in [5.41, 5.74) is 1.88. The van der Waals surface area contributed by atoms with E-state index in [2.05, 4.69) is 22.4 Å². The third kappa shape index (κ3) is 3.46. The summed E-state index contributed by atoms with van der Waals surface area (Å²) in [7, 11) is 1.98. The highest BCUT2D eigenvalue weighted by Crippen LogP contribution is 2.28. The summed E-state index contributed by atoms with van der Waals surface area (Å²) < 4.78 is 7.47. The SMILES string of the molecule is CCc1c(C(=O)N[C@H]2CC[C@@H](Cc3nnc(C)o3)C2)ccn1C. The van der Waals surface area contributed by atoms with E-state index in [1.807, 2.05) is 23.9 Å². The van der Waals surface area contributed by atoms with Crippen LogP contribution in [0.4, 0.5) is 0 Å². The molecule has 1 saturated carbocycles. The Morgan fingerprint density at radius 2 is 2.26 bits per heavy atom. The molecule has 1 amide bonds. The Morgan fingerprint density at radius 3 is 2.96 bits per heavy atom. The third-order valence-corrected chi connectivity index (χ3v) is 4.69. The molecule has 2 aromatic rings. The molecule has 0 spiro atoms. The lowest BCUT2D eigenvalue weighted by Crippen LogP contribution is -2.33. The molecule has 124 valence electrons. The van der Waals surface area contributed by atoms with Gasteiger partial charge in [-0.15, -0.1) is 10.2 Å². The van der Waals surface area contributed by atoms with Crippen LogP contribution in [0.25, 0.3) is 0 Å². The first-order valence-corrected chi connectivity index (χ1v) is 8.30. The van der Waals surface area contributed by atoms with Gasteiger partial charge in [0.2, 0.25) is 11.8 Å². The van der Waals surface area contributed by atoms with Crippen molar-refractivity contribution in [2.75, 3.05) is 0 Å². The van der Waals surface area contributed by atoms with Crippen molar-refractivity contribution in [2.45, 2.75) is 52.0 Å². The number of hydrogen-bond donors (Lipinski definition) is 1. The molecule has 23 heavy (non-hydrogen) atoms. The highest BCUT2D eigenvalue weighted by Gasteiger charge is 2.28. The van der Waals surface area contributed by atoms with E-state index in [0.29, 0.717) is 17.7 Å². The van der Waals surface area contributed by atoms with E-state index >= 15 is 0 Å². The average molecular weight is 316 g/mol. The molecule has 2 aromatic heterocycles. The fourth-order valence-electron chi connectivity index (χ4n) is 3.53. The second-order valence-corrected chi connectivity index (χ2v) is 6.41. The first-order valence-electron chi connectivity index (χ1n) is 8.30. The zero-order valence-corrected chi connectivity index (χ0v) is 14.0. The molecule has 0 saturated heterocycles. The molecule has 2 atom stereocenters. The van der Waals surface area contributed by atoms with Crippen LogP contribution in [-0.4, -0.2) is 26.7 Å². The van der Waals surface area contributed by atoms with Gasteiger partial charge in [0.05, 0.1) is 5.56 Å². The molecule has 0 radical (unpaired) electrons. The van der Waals surface area contributed by atoms with Gasteiger partial charge in [-0.3, -0.25) is 4.79 Å². The van der Waals surface area contributed by atoms with Crippen LogP contribution < -0.4 is 5.32 Å². The average Bonchev–Trinajstić information content (AvgIpc) is 3.21. The minimum absolute atomic E-state index is 0.0433. The summed E-state index contributed by atoms with van der Waals surface area (Å²) in [5.74, 6) is 1.86. The van der Waals surface area contributed by atoms with E-state index in [9.17, 15) is 4.79 Å². The summed E-state index contributed by atoms with van der Waals surface area (Å²) in [6.45, 7) is 3.88. The van der Waals surface area contributed by atoms with Crippen LogP contribution in [0.2, 0.25) is 0 Å². The fraction of sp³-hybridized carbons (Fsp3) is 0.588. The van der Waals surface area contributed by atoms with Crippen molar-refractivity contribution in [3.8, 4) is 0 Å². The minimum atomic E-state index is 0.0433. The monoisotopic (exact) mass is 316 g/mol. The van der Waals surface area contributed by atoms with Gasteiger partial charge in [-0.1, -0.05) is 6.92 Å². The molecule has 1 aliphatic rings. The number of amides is 1. The summed E-state index contributed by atoms with van der Waals surface area (Å²) in [4.78, 5) is 12.5. The highest BCUT2D eigenvalue weighted by atomic mass is 16.4. The van der Waals surface area contributed by atoms with Crippen LogP contribution in [0.3, 0.4) is 0 Å². The first kappa shape index (κ1) is 15.8. The number of rotatable bonds is 5. The van der Waals surface area contributed by atoms with E-state index in [1.54, 1.807) is 6.92 Å². The first-order chi connectivity index (χ1) is 11.1. The Labute approximate surface area is 136 Å². The fourth-order valence-corrected chi connectivity index (χ4v) is 3.53. The maximum absolute atomic E-state index is 12.5. The summed E-state index contributed by atoms with van der Waals surface area (Å²) in [6, 6.07) is 2.14. The molecule has 6 nitrogen and oxygen atoms in total. The van der Waals surface area contributed by atoms with Gasteiger partial charge in [0, 0.05) is 38.3 Å². The van der Waals surface area contributed by atoms with Crippen molar-refractivity contribution < 1.29 is 9.21 Å². The zero-order chi connectivity index (χ0) is 16.4. The molecule has 0 bridgehead atoms. The summed E-state index contributed by atoms with van der Waals surface area (Å²) >= 11 is 0. The van der Waals surface area contributed by atoms with E-state index < -0.39 is 0 Å². The summed E-state index contributed by atoms with van der Waals surface area (Å²) in [6.07, 6.45) is 6.68. The van der Waals surface area contributed by atoms with Gasteiger partial charge in [-0.2, -0.15) is 0 Å². The topological polar surface area (TPSA) is 73.0 Å². The lowest BCUT2D eigenvalue weighted by molar-refractivity contribution is 0.0936. The Bertz CT molecular complexity index is 689. The number of carbonyl (C=O) groups excluding carboxylic acids is 1. The largest absolute Gasteiger partial charge is 0.426 e. The van der Waals surface area contributed by atoms with Crippen molar-refractivity contribution in [1.29, 1.82) is 0 Å². The number of aromatic nitrogens is 3. The number of hydrogen-bond acceptors (Lipinski definition) is 4. The molecular formula is C17H24N4O2. The molecule has 0 unspecified atom stereocenters. The van der Waals surface area contributed by atoms with Gasteiger partial charge in [-0.05, 0) is 37.7 Å². The van der Waals surface area contributed by atoms with Crippen molar-refractivity contribution in [1.82, 2.24) is 20.1 Å². The van der Waals surface area contributed by atoms with Crippen molar-refractivity contribution in [2.24, 2.45) is 13.0 Å². The molecule has 1 N–H and O–H groups in total. The smallest absolute Gasteiger partial charge is 0.253 e. The second kappa shape index (κ2) is 6.56. The predicted molar refractivity (Wildman–Crippen MR) is 86.1 cm³/mol. The van der Waals surface area contributed by atoms with Crippen molar-refractivity contribution >= 4 is 5.91 Å². The summed E-state index contributed by atoms with van der Waals surface area (Å²) in [5, 5.41) is 11.1. The number of aryl methyl sites for hydroxylation is 2. The third-order valence-electron chi connectivity index (χ3n) is 4.69. The second-order valence-electron chi connectivity index (χ2n) is 6.41. The van der Waals surface area contributed by atoms with Crippen LogP contribution in [-0.2, 0) is 19.9 Å². The van der Waals surface area contributed by atoms with Crippen LogP contribution in [0.5, 0.6) is 0 Å². The zero-order valence-electron chi connectivity index (χ0n) is 14.0. The molecule has 1 aliphatic carbocycles. The Hall–Kier alpha value is -2.11. The van der Waals surface area contributed by atoms with E-state index in [0.717, 1.165) is 43.4 Å². The standard InChI is InChI=1S/C17H24N4O2/c1-4-15-14(7-8-21(15)3)17(22)18-13-6-5-12(9-13)10-16-20-19-11(2)23-16/h7-8,12-13H,4-6,9-10H2,1-3H3,(H,18,22)/t12-,13+/m1/s1. The van der Waals surface area contributed by atoms with Gasteiger partial charge in [0.1, 0.15) is 0 Å².